The second-order valence-corrected chi connectivity index (χ2v) is 6.56. The number of hydrogen-bond acceptors (Lipinski definition) is 5. The minimum Gasteiger partial charge on any atom is -0.359 e. The molecule has 4 nitrogen and oxygen atoms in total. The third-order valence-corrected chi connectivity index (χ3v) is 3.69. The van der Waals surface area contributed by atoms with Crippen molar-refractivity contribution in [2.24, 2.45) is 0 Å². The van der Waals surface area contributed by atoms with Crippen LogP contribution in [0.4, 0.5) is 5.82 Å². The molecule has 0 aliphatic carbocycles. The quantitative estimate of drug-likeness (QED) is 0.861. The Morgan fingerprint density at radius 2 is 2.00 bits per heavy atom. The summed E-state index contributed by atoms with van der Waals surface area (Å²) in [4.78, 5) is 15.4. The van der Waals surface area contributed by atoms with Crippen molar-refractivity contribution >= 4 is 17.2 Å². The van der Waals surface area contributed by atoms with Gasteiger partial charge in [0.15, 0.2) is 0 Å². The molecule has 0 aliphatic rings. The molecule has 0 amide bonds. The summed E-state index contributed by atoms with van der Waals surface area (Å²) < 4.78 is 0. The van der Waals surface area contributed by atoms with Crippen LogP contribution in [0.2, 0.25) is 0 Å². The van der Waals surface area contributed by atoms with Gasteiger partial charge >= 0.3 is 0 Å². The first kappa shape index (κ1) is 13.9. The normalized spacial score (nSPS) is 11.6. The fourth-order valence-electron chi connectivity index (χ4n) is 1.68. The Hall–Kier alpha value is -1.49. The van der Waals surface area contributed by atoms with E-state index >= 15 is 0 Å². The number of rotatable bonds is 4. The Morgan fingerprint density at radius 3 is 2.63 bits per heavy atom. The molecule has 2 aromatic heterocycles. The zero-order valence-corrected chi connectivity index (χ0v) is 12.7. The summed E-state index contributed by atoms with van der Waals surface area (Å²) in [6, 6.07) is 1.96. The summed E-state index contributed by atoms with van der Waals surface area (Å²) in [5, 5.41) is 3.18. The number of likely N-dealkylation sites (N-methyl/N-ethyl adjacent to an activating group) is 1. The molecular weight excluding hydrogens is 256 g/mol. The van der Waals surface area contributed by atoms with Gasteiger partial charge in [-0.3, -0.25) is 0 Å². The summed E-state index contributed by atoms with van der Waals surface area (Å²) >= 11 is 1.70. The van der Waals surface area contributed by atoms with E-state index in [-0.39, 0.29) is 5.41 Å². The minimum absolute atomic E-state index is 0.0217. The third kappa shape index (κ3) is 3.73. The second kappa shape index (κ2) is 5.65. The molecule has 0 spiro atoms. The summed E-state index contributed by atoms with van der Waals surface area (Å²) in [6.07, 6.45) is 4.63. The smallest absolute Gasteiger partial charge is 0.135 e. The highest BCUT2D eigenvalue weighted by molar-refractivity contribution is 7.09. The molecule has 0 fully saturated rings. The van der Waals surface area contributed by atoms with Crippen LogP contribution in [0.25, 0.3) is 0 Å². The minimum atomic E-state index is -0.0217. The van der Waals surface area contributed by atoms with Gasteiger partial charge in [0.1, 0.15) is 11.6 Å². The molecule has 2 aromatic rings. The molecule has 0 radical (unpaired) electrons. The van der Waals surface area contributed by atoms with Gasteiger partial charge in [-0.15, -0.1) is 11.3 Å². The fraction of sp³-hybridized carbons (Fsp3) is 0.500. The molecule has 2 heterocycles. The zero-order valence-electron chi connectivity index (χ0n) is 11.9. The molecule has 19 heavy (non-hydrogen) atoms. The molecular formula is C14H20N4S. The van der Waals surface area contributed by atoms with Crippen LogP contribution in [0.1, 0.15) is 31.6 Å². The van der Waals surface area contributed by atoms with E-state index in [0.29, 0.717) is 0 Å². The van der Waals surface area contributed by atoms with Crippen LogP contribution in [-0.2, 0) is 11.8 Å². The summed E-state index contributed by atoms with van der Waals surface area (Å²) in [6.45, 7) is 7.29. The summed E-state index contributed by atoms with van der Waals surface area (Å²) in [7, 11) is 2.06. The first-order valence-electron chi connectivity index (χ1n) is 6.40. The van der Waals surface area contributed by atoms with E-state index in [9.17, 15) is 0 Å². The van der Waals surface area contributed by atoms with Crippen LogP contribution in [0, 0.1) is 0 Å². The molecule has 0 bridgehead atoms. The number of hydrogen-bond donors (Lipinski definition) is 0. The van der Waals surface area contributed by atoms with Gasteiger partial charge in [0.05, 0.1) is 5.01 Å². The predicted molar refractivity (Wildman–Crippen MR) is 79.8 cm³/mol. The number of nitrogens with zero attached hydrogens (tertiary/aromatic N) is 4. The highest BCUT2D eigenvalue weighted by Gasteiger charge is 2.18. The average Bonchev–Trinajstić information content (AvgIpc) is 2.88. The molecule has 0 N–H and O–H groups in total. The van der Waals surface area contributed by atoms with Gasteiger partial charge in [0.2, 0.25) is 0 Å². The molecule has 5 heteroatoms. The van der Waals surface area contributed by atoms with Crippen LogP contribution >= 0.6 is 11.3 Å². The monoisotopic (exact) mass is 276 g/mol. The van der Waals surface area contributed by atoms with Crippen LogP contribution < -0.4 is 4.90 Å². The van der Waals surface area contributed by atoms with Crippen LogP contribution in [0.15, 0.2) is 23.8 Å². The van der Waals surface area contributed by atoms with E-state index in [0.717, 1.165) is 29.6 Å². The van der Waals surface area contributed by atoms with Crippen LogP contribution in [0.5, 0.6) is 0 Å². The maximum absolute atomic E-state index is 4.64. The van der Waals surface area contributed by atoms with E-state index in [1.807, 2.05) is 23.8 Å². The number of thiazole rings is 1. The van der Waals surface area contributed by atoms with Crippen LogP contribution in [0.3, 0.4) is 0 Å². The van der Waals surface area contributed by atoms with E-state index in [4.69, 9.17) is 0 Å². The molecule has 0 atom stereocenters. The Balaban J connectivity index is 2.04. The van der Waals surface area contributed by atoms with Crippen molar-refractivity contribution in [3.63, 3.8) is 0 Å². The zero-order chi connectivity index (χ0) is 13.9. The maximum Gasteiger partial charge on any atom is 0.135 e. The highest BCUT2D eigenvalue weighted by Crippen LogP contribution is 2.20. The molecule has 0 saturated carbocycles. The standard InChI is InChI=1S/C14H20N4S/c1-14(2,3)13-16-7-5-11(17-13)18(4)9-6-12-15-8-10-19-12/h5,7-8,10H,6,9H2,1-4H3. The fourth-order valence-corrected chi connectivity index (χ4v) is 2.29. The van der Waals surface area contributed by atoms with Gasteiger partial charge in [0, 0.05) is 43.2 Å². The van der Waals surface area contributed by atoms with Crippen LogP contribution in [-0.4, -0.2) is 28.5 Å². The van der Waals surface area contributed by atoms with Crippen molar-refractivity contribution in [3.05, 3.63) is 34.7 Å². The topological polar surface area (TPSA) is 41.9 Å². The number of anilines is 1. The van der Waals surface area contributed by atoms with Crippen molar-refractivity contribution in [2.75, 3.05) is 18.5 Å². The van der Waals surface area contributed by atoms with Crippen molar-refractivity contribution < 1.29 is 0 Å². The Kier molecular flexibility index (Phi) is 4.14. The maximum atomic E-state index is 4.64. The van der Waals surface area contributed by atoms with Gasteiger partial charge < -0.3 is 4.90 Å². The Labute approximate surface area is 118 Å². The highest BCUT2D eigenvalue weighted by atomic mass is 32.1. The lowest BCUT2D eigenvalue weighted by atomic mass is 9.96. The molecule has 0 aromatic carbocycles. The van der Waals surface area contributed by atoms with Gasteiger partial charge in [-0.1, -0.05) is 20.8 Å². The van der Waals surface area contributed by atoms with Gasteiger partial charge in [0.25, 0.3) is 0 Å². The van der Waals surface area contributed by atoms with E-state index in [2.05, 4.69) is 47.7 Å². The van der Waals surface area contributed by atoms with Crippen molar-refractivity contribution in [1.82, 2.24) is 15.0 Å². The van der Waals surface area contributed by atoms with Crippen molar-refractivity contribution in [3.8, 4) is 0 Å². The largest absolute Gasteiger partial charge is 0.359 e. The van der Waals surface area contributed by atoms with E-state index in [1.54, 1.807) is 11.3 Å². The lowest BCUT2D eigenvalue weighted by Crippen LogP contribution is -2.24. The predicted octanol–water partition coefficient (Wildman–Crippen LogP) is 2.91. The van der Waals surface area contributed by atoms with Crippen molar-refractivity contribution in [1.29, 1.82) is 0 Å². The summed E-state index contributed by atoms with van der Waals surface area (Å²) in [5.74, 6) is 1.85. The average molecular weight is 276 g/mol. The van der Waals surface area contributed by atoms with E-state index in [1.165, 1.54) is 0 Å². The van der Waals surface area contributed by atoms with Gasteiger partial charge in [-0.2, -0.15) is 0 Å². The SMILES string of the molecule is CN(CCc1nccs1)c1ccnc(C(C)(C)C)n1. The van der Waals surface area contributed by atoms with Gasteiger partial charge in [-0.25, -0.2) is 15.0 Å². The lowest BCUT2D eigenvalue weighted by Gasteiger charge is -2.21. The van der Waals surface area contributed by atoms with Crippen molar-refractivity contribution in [2.45, 2.75) is 32.6 Å². The Morgan fingerprint density at radius 1 is 1.21 bits per heavy atom. The Bertz CT molecular complexity index is 516. The number of aromatic nitrogens is 3. The van der Waals surface area contributed by atoms with E-state index < -0.39 is 0 Å². The first-order valence-corrected chi connectivity index (χ1v) is 7.28. The second-order valence-electron chi connectivity index (χ2n) is 5.59. The molecule has 0 unspecified atom stereocenters. The lowest BCUT2D eigenvalue weighted by molar-refractivity contribution is 0.544. The molecule has 0 saturated heterocycles. The first-order chi connectivity index (χ1) is 8.97. The molecule has 102 valence electrons. The third-order valence-electron chi connectivity index (χ3n) is 2.85. The molecule has 2 rings (SSSR count). The van der Waals surface area contributed by atoms with Gasteiger partial charge in [-0.05, 0) is 6.07 Å². The summed E-state index contributed by atoms with van der Waals surface area (Å²) in [5.41, 5.74) is -0.0217. The molecule has 0 aliphatic heterocycles.